The highest BCUT2D eigenvalue weighted by Crippen LogP contribution is 2.23. The summed E-state index contributed by atoms with van der Waals surface area (Å²) in [6.45, 7) is 7.07. The molecule has 1 aliphatic heterocycles. The van der Waals surface area contributed by atoms with Crippen LogP contribution in [0, 0.1) is 0 Å². The Labute approximate surface area is 169 Å². The van der Waals surface area contributed by atoms with Crippen molar-refractivity contribution in [2.45, 2.75) is 19.6 Å². The number of carbonyl (C=O) groups excluding carboxylic acids is 1. The molecule has 5 nitrogen and oxygen atoms in total. The van der Waals surface area contributed by atoms with Gasteiger partial charge in [0.1, 0.15) is 18.5 Å². The molecule has 1 unspecified atom stereocenters. The van der Waals surface area contributed by atoms with Crippen LogP contribution in [-0.2, 0) is 6.54 Å². The largest absolute Gasteiger partial charge is 0.491 e. The van der Waals surface area contributed by atoms with E-state index in [-0.39, 0.29) is 12.4 Å². The van der Waals surface area contributed by atoms with Crippen molar-refractivity contribution in [2.24, 2.45) is 0 Å². The van der Waals surface area contributed by atoms with Gasteiger partial charge in [-0.1, -0.05) is 23.7 Å². The number of hydrogen-bond acceptors (Lipinski definition) is 6. The molecule has 1 aromatic heterocycles. The van der Waals surface area contributed by atoms with Crippen molar-refractivity contribution in [3.63, 3.8) is 0 Å². The van der Waals surface area contributed by atoms with E-state index in [9.17, 15) is 9.90 Å². The van der Waals surface area contributed by atoms with E-state index in [1.807, 2.05) is 6.07 Å². The molecule has 1 aromatic carbocycles. The number of rotatable bonds is 8. The lowest BCUT2D eigenvalue weighted by atomic mass is 10.1. The number of halogens is 1. The SMILES string of the molecule is CC(=O)c1cccc(OCC(O)CN2CCN(Cc3ccc(Cl)s3)CC2)c1. The van der Waals surface area contributed by atoms with Gasteiger partial charge in [0.25, 0.3) is 0 Å². The Kier molecular flexibility index (Phi) is 7.26. The normalized spacial score (nSPS) is 17.0. The Bertz CT molecular complexity index is 759. The molecule has 146 valence electrons. The van der Waals surface area contributed by atoms with Gasteiger partial charge in [0.2, 0.25) is 0 Å². The number of carbonyl (C=O) groups is 1. The molecule has 1 saturated heterocycles. The Hall–Kier alpha value is -1.44. The number of benzene rings is 1. The van der Waals surface area contributed by atoms with E-state index in [2.05, 4.69) is 15.9 Å². The van der Waals surface area contributed by atoms with Gasteiger partial charge in [-0.15, -0.1) is 11.3 Å². The van der Waals surface area contributed by atoms with Crippen molar-refractivity contribution < 1.29 is 14.6 Å². The molecule has 0 saturated carbocycles. The number of aliphatic hydroxyl groups excluding tert-OH is 1. The maximum Gasteiger partial charge on any atom is 0.159 e. The number of thiophene rings is 1. The third-order valence-electron chi connectivity index (χ3n) is 4.63. The van der Waals surface area contributed by atoms with E-state index in [1.54, 1.807) is 35.6 Å². The van der Waals surface area contributed by atoms with Crippen LogP contribution >= 0.6 is 22.9 Å². The van der Waals surface area contributed by atoms with Crippen molar-refractivity contribution in [3.05, 3.63) is 51.2 Å². The molecule has 2 heterocycles. The Morgan fingerprint density at radius 1 is 1.22 bits per heavy atom. The summed E-state index contributed by atoms with van der Waals surface area (Å²) in [5.41, 5.74) is 0.616. The number of ketones is 1. The molecular weight excluding hydrogens is 384 g/mol. The van der Waals surface area contributed by atoms with Gasteiger partial charge in [-0.3, -0.25) is 14.6 Å². The van der Waals surface area contributed by atoms with Gasteiger partial charge in [0, 0.05) is 49.7 Å². The molecule has 3 rings (SSSR count). The van der Waals surface area contributed by atoms with E-state index in [0.29, 0.717) is 17.9 Å². The van der Waals surface area contributed by atoms with Crippen LogP contribution in [0.4, 0.5) is 0 Å². The average Bonchev–Trinajstić information content (AvgIpc) is 3.06. The molecule has 0 amide bonds. The van der Waals surface area contributed by atoms with Gasteiger partial charge in [-0.05, 0) is 31.2 Å². The fraction of sp³-hybridized carbons (Fsp3) is 0.450. The zero-order valence-corrected chi connectivity index (χ0v) is 17.0. The number of piperazine rings is 1. The van der Waals surface area contributed by atoms with Crippen LogP contribution in [-0.4, -0.2) is 66.1 Å². The Morgan fingerprint density at radius 2 is 1.96 bits per heavy atom. The summed E-state index contributed by atoms with van der Waals surface area (Å²) in [5, 5.41) is 10.3. The molecule has 0 bridgehead atoms. The number of aliphatic hydroxyl groups is 1. The van der Waals surface area contributed by atoms with Crippen LogP contribution in [0.25, 0.3) is 0 Å². The highest BCUT2D eigenvalue weighted by atomic mass is 35.5. The molecule has 0 spiro atoms. The topological polar surface area (TPSA) is 53.0 Å². The second-order valence-electron chi connectivity index (χ2n) is 6.83. The van der Waals surface area contributed by atoms with E-state index in [4.69, 9.17) is 16.3 Å². The molecule has 2 aromatic rings. The van der Waals surface area contributed by atoms with Crippen molar-refractivity contribution in [2.75, 3.05) is 39.3 Å². The highest BCUT2D eigenvalue weighted by molar-refractivity contribution is 7.16. The summed E-state index contributed by atoms with van der Waals surface area (Å²) < 4.78 is 6.49. The molecule has 0 aliphatic carbocycles. The van der Waals surface area contributed by atoms with Crippen molar-refractivity contribution in [1.82, 2.24) is 9.80 Å². The maximum atomic E-state index is 11.4. The van der Waals surface area contributed by atoms with Crippen molar-refractivity contribution in [3.8, 4) is 5.75 Å². The minimum Gasteiger partial charge on any atom is -0.491 e. The molecule has 1 N–H and O–H groups in total. The minimum absolute atomic E-state index is 0.00342. The number of ether oxygens (including phenoxy) is 1. The first-order valence-electron chi connectivity index (χ1n) is 9.10. The van der Waals surface area contributed by atoms with Gasteiger partial charge in [-0.2, -0.15) is 0 Å². The number of Topliss-reactive ketones (excluding diaryl/α,β-unsaturated/α-hetero) is 1. The highest BCUT2D eigenvalue weighted by Gasteiger charge is 2.20. The zero-order valence-electron chi connectivity index (χ0n) is 15.4. The quantitative estimate of drug-likeness (QED) is 0.680. The molecule has 27 heavy (non-hydrogen) atoms. The smallest absolute Gasteiger partial charge is 0.159 e. The second-order valence-corrected chi connectivity index (χ2v) is 8.63. The molecular formula is C20H25ClN2O3S. The maximum absolute atomic E-state index is 11.4. The number of nitrogens with zero attached hydrogens (tertiary/aromatic N) is 2. The first kappa shape index (κ1) is 20.3. The van der Waals surface area contributed by atoms with Crippen LogP contribution in [0.1, 0.15) is 22.2 Å². The molecule has 0 radical (unpaired) electrons. The van der Waals surface area contributed by atoms with Gasteiger partial charge in [-0.25, -0.2) is 0 Å². The molecule has 1 aliphatic rings. The van der Waals surface area contributed by atoms with Crippen LogP contribution in [0.5, 0.6) is 5.75 Å². The minimum atomic E-state index is -0.561. The zero-order chi connectivity index (χ0) is 19.2. The molecule has 7 heteroatoms. The summed E-state index contributed by atoms with van der Waals surface area (Å²) >= 11 is 7.62. The van der Waals surface area contributed by atoms with Crippen LogP contribution < -0.4 is 4.74 Å². The second kappa shape index (κ2) is 9.66. The summed E-state index contributed by atoms with van der Waals surface area (Å²) in [6.07, 6.45) is -0.561. The average molecular weight is 409 g/mol. The van der Waals surface area contributed by atoms with E-state index in [1.165, 1.54) is 11.8 Å². The third kappa shape index (κ3) is 6.30. The van der Waals surface area contributed by atoms with Crippen LogP contribution in [0.15, 0.2) is 36.4 Å². The van der Waals surface area contributed by atoms with Gasteiger partial charge in [0.15, 0.2) is 5.78 Å². The number of hydrogen-bond donors (Lipinski definition) is 1. The first-order valence-corrected chi connectivity index (χ1v) is 10.3. The lowest BCUT2D eigenvalue weighted by Gasteiger charge is -2.35. The third-order valence-corrected chi connectivity index (χ3v) is 5.84. The summed E-state index contributed by atoms with van der Waals surface area (Å²) in [6, 6.07) is 11.1. The summed E-state index contributed by atoms with van der Waals surface area (Å²) in [5.74, 6) is 0.616. The predicted octanol–water partition coefficient (Wildman–Crippen LogP) is 3.16. The summed E-state index contributed by atoms with van der Waals surface area (Å²) in [4.78, 5) is 17.4. The Balaban J connectivity index is 1.38. The van der Waals surface area contributed by atoms with Crippen LogP contribution in [0.3, 0.4) is 0 Å². The fourth-order valence-electron chi connectivity index (χ4n) is 3.14. The standard InChI is InChI=1S/C20H25ClN2O3S/c1-15(24)16-3-2-4-18(11-16)26-14-17(25)12-22-7-9-23(10-8-22)13-19-5-6-20(21)27-19/h2-6,11,17,25H,7-10,12-14H2,1H3. The van der Waals surface area contributed by atoms with Gasteiger partial charge in [0.05, 0.1) is 4.34 Å². The number of β-amino-alcohol motifs (C(OH)–C–C–N with tert-alkyl or cyclic N) is 1. The van der Waals surface area contributed by atoms with E-state index >= 15 is 0 Å². The van der Waals surface area contributed by atoms with E-state index < -0.39 is 6.10 Å². The Morgan fingerprint density at radius 3 is 2.63 bits per heavy atom. The molecule has 1 fully saturated rings. The lowest BCUT2D eigenvalue weighted by Crippen LogP contribution is -2.48. The summed E-state index contributed by atoms with van der Waals surface area (Å²) in [7, 11) is 0. The van der Waals surface area contributed by atoms with Crippen molar-refractivity contribution >= 4 is 28.7 Å². The van der Waals surface area contributed by atoms with E-state index in [0.717, 1.165) is 37.1 Å². The van der Waals surface area contributed by atoms with Crippen molar-refractivity contribution in [1.29, 1.82) is 0 Å². The first-order chi connectivity index (χ1) is 13.0. The predicted molar refractivity (Wildman–Crippen MR) is 109 cm³/mol. The lowest BCUT2D eigenvalue weighted by molar-refractivity contribution is 0.0448. The van der Waals surface area contributed by atoms with Gasteiger partial charge >= 0.3 is 0 Å². The van der Waals surface area contributed by atoms with Crippen LogP contribution in [0.2, 0.25) is 4.34 Å². The monoisotopic (exact) mass is 408 g/mol. The van der Waals surface area contributed by atoms with Gasteiger partial charge < -0.3 is 9.84 Å². The fourth-order valence-corrected chi connectivity index (χ4v) is 4.27. The molecule has 1 atom stereocenters.